The predicted octanol–water partition coefficient (Wildman–Crippen LogP) is 2.53. The highest BCUT2D eigenvalue weighted by Crippen LogP contribution is 2.59. The highest BCUT2D eigenvalue weighted by atomic mass is 19.1. The van der Waals surface area contributed by atoms with Crippen LogP contribution in [0.25, 0.3) is 0 Å². The molecule has 2 aliphatic carbocycles. The van der Waals surface area contributed by atoms with E-state index in [1.54, 1.807) is 12.1 Å². The van der Waals surface area contributed by atoms with Crippen LogP contribution in [0.1, 0.15) is 50.0 Å². The van der Waals surface area contributed by atoms with Crippen LogP contribution in [0.5, 0.6) is 0 Å². The number of nitrogens with two attached hydrogens (primary N) is 1. The molecule has 4 N–H and O–H groups in total. The number of aliphatic hydroxyl groups is 1. The number of aliphatic hydroxyl groups excluding tert-OH is 1. The van der Waals surface area contributed by atoms with Gasteiger partial charge in [0.1, 0.15) is 5.82 Å². The maximum atomic E-state index is 13.0. The molecule has 2 saturated carbocycles. The smallest absolute Gasteiger partial charge is 0.188 e. The molecule has 1 aromatic carbocycles. The van der Waals surface area contributed by atoms with Crippen LogP contribution in [0.15, 0.2) is 29.3 Å². The van der Waals surface area contributed by atoms with Gasteiger partial charge in [0.15, 0.2) is 5.96 Å². The Morgan fingerprint density at radius 2 is 1.96 bits per heavy atom. The summed E-state index contributed by atoms with van der Waals surface area (Å²) in [5, 5.41) is 13.1. The second kappa shape index (κ2) is 6.87. The van der Waals surface area contributed by atoms with E-state index in [4.69, 9.17) is 5.73 Å². The Morgan fingerprint density at radius 1 is 1.26 bits per heavy atom. The molecule has 5 heteroatoms. The van der Waals surface area contributed by atoms with Crippen molar-refractivity contribution >= 4 is 5.96 Å². The van der Waals surface area contributed by atoms with Crippen molar-refractivity contribution in [3.63, 3.8) is 0 Å². The van der Waals surface area contributed by atoms with Gasteiger partial charge >= 0.3 is 0 Å². The maximum Gasteiger partial charge on any atom is 0.188 e. The van der Waals surface area contributed by atoms with Crippen LogP contribution in [0, 0.1) is 11.2 Å². The minimum Gasteiger partial charge on any atom is -0.396 e. The first-order valence-corrected chi connectivity index (χ1v) is 8.56. The lowest BCUT2D eigenvalue weighted by Crippen LogP contribution is -2.41. The summed E-state index contributed by atoms with van der Waals surface area (Å²) in [6.07, 6.45) is 6.98. The van der Waals surface area contributed by atoms with Crippen molar-refractivity contribution in [2.45, 2.75) is 50.5 Å². The summed E-state index contributed by atoms with van der Waals surface area (Å²) in [6, 6.07) is 6.97. The zero-order valence-electron chi connectivity index (χ0n) is 13.5. The number of benzene rings is 1. The van der Waals surface area contributed by atoms with Gasteiger partial charge < -0.3 is 16.2 Å². The quantitative estimate of drug-likeness (QED) is 0.577. The van der Waals surface area contributed by atoms with E-state index in [1.165, 1.54) is 31.4 Å². The predicted molar refractivity (Wildman–Crippen MR) is 89.8 cm³/mol. The average molecular weight is 319 g/mol. The summed E-state index contributed by atoms with van der Waals surface area (Å²) in [5.41, 5.74) is 6.83. The van der Waals surface area contributed by atoms with Crippen molar-refractivity contribution in [2.24, 2.45) is 16.1 Å². The highest BCUT2D eigenvalue weighted by molar-refractivity contribution is 5.78. The Morgan fingerprint density at radius 3 is 2.61 bits per heavy atom. The number of nitrogens with zero attached hydrogens (tertiary/aromatic N) is 1. The van der Waals surface area contributed by atoms with Gasteiger partial charge in [-0.2, -0.15) is 0 Å². The first-order valence-electron chi connectivity index (χ1n) is 8.56. The van der Waals surface area contributed by atoms with Crippen molar-refractivity contribution in [3.05, 3.63) is 35.6 Å². The molecule has 0 aromatic heterocycles. The first-order chi connectivity index (χ1) is 11.1. The molecule has 0 spiro atoms. The SMILES string of the molecule is NC(=NCC1(CO)CC1c1ccc(F)cc1)NC1CCCCC1. The average Bonchev–Trinajstić information content (AvgIpc) is 3.30. The fraction of sp³-hybridized carbons (Fsp3) is 0.611. The van der Waals surface area contributed by atoms with Gasteiger partial charge in [-0.05, 0) is 42.9 Å². The molecule has 2 aliphatic rings. The molecular weight excluding hydrogens is 293 g/mol. The van der Waals surface area contributed by atoms with E-state index in [-0.39, 0.29) is 23.8 Å². The van der Waals surface area contributed by atoms with Gasteiger partial charge in [-0.1, -0.05) is 31.4 Å². The summed E-state index contributed by atoms with van der Waals surface area (Å²) in [7, 11) is 0. The van der Waals surface area contributed by atoms with Gasteiger partial charge in [0.25, 0.3) is 0 Å². The van der Waals surface area contributed by atoms with E-state index in [1.807, 2.05) is 0 Å². The Labute approximate surface area is 137 Å². The van der Waals surface area contributed by atoms with Crippen LogP contribution in [0.4, 0.5) is 4.39 Å². The number of nitrogens with one attached hydrogen (secondary N) is 1. The summed E-state index contributed by atoms with van der Waals surface area (Å²) < 4.78 is 13.0. The molecule has 3 rings (SSSR count). The second-order valence-electron chi connectivity index (χ2n) is 7.01. The zero-order valence-corrected chi connectivity index (χ0v) is 13.5. The molecule has 2 unspecified atom stereocenters. The number of hydrogen-bond donors (Lipinski definition) is 3. The van der Waals surface area contributed by atoms with Crippen LogP contribution in [0.2, 0.25) is 0 Å². The molecule has 23 heavy (non-hydrogen) atoms. The summed E-state index contributed by atoms with van der Waals surface area (Å²) >= 11 is 0. The third kappa shape index (κ3) is 3.83. The third-order valence-corrected chi connectivity index (χ3v) is 5.30. The van der Waals surface area contributed by atoms with Crippen LogP contribution >= 0.6 is 0 Å². The molecule has 126 valence electrons. The zero-order chi connectivity index (χ0) is 16.3. The Balaban J connectivity index is 1.57. The molecule has 1 aromatic rings. The van der Waals surface area contributed by atoms with E-state index in [0.29, 0.717) is 18.5 Å². The fourth-order valence-electron chi connectivity index (χ4n) is 3.66. The van der Waals surface area contributed by atoms with Gasteiger partial charge in [-0.25, -0.2) is 4.39 Å². The normalized spacial score (nSPS) is 28.6. The van der Waals surface area contributed by atoms with Crippen molar-refractivity contribution in [3.8, 4) is 0 Å². The standard InChI is InChI=1S/C18H26FN3O/c19-14-8-6-13(7-9-14)16-10-18(16,12-23)11-21-17(20)22-15-4-2-1-3-5-15/h6-9,15-16,23H,1-5,10-12H2,(H3,20,21,22). The summed E-state index contributed by atoms with van der Waals surface area (Å²) in [4.78, 5) is 4.47. The molecule has 0 heterocycles. The third-order valence-electron chi connectivity index (χ3n) is 5.30. The van der Waals surface area contributed by atoms with Gasteiger partial charge in [0.05, 0.1) is 13.2 Å². The monoisotopic (exact) mass is 319 g/mol. The van der Waals surface area contributed by atoms with E-state index in [0.717, 1.165) is 24.8 Å². The van der Waals surface area contributed by atoms with Gasteiger partial charge in [0, 0.05) is 11.5 Å². The Bertz CT molecular complexity index is 554. The van der Waals surface area contributed by atoms with Crippen molar-refractivity contribution < 1.29 is 9.50 Å². The molecule has 4 nitrogen and oxygen atoms in total. The number of rotatable bonds is 5. The Kier molecular flexibility index (Phi) is 4.85. The van der Waals surface area contributed by atoms with E-state index in [2.05, 4.69) is 10.3 Å². The minimum absolute atomic E-state index is 0.0786. The van der Waals surface area contributed by atoms with Crippen molar-refractivity contribution in [1.82, 2.24) is 5.32 Å². The molecule has 0 aliphatic heterocycles. The minimum atomic E-state index is -0.239. The number of guanidine groups is 1. The fourth-order valence-corrected chi connectivity index (χ4v) is 3.66. The first kappa shape index (κ1) is 16.2. The van der Waals surface area contributed by atoms with Crippen molar-refractivity contribution in [2.75, 3.05) is 13.2 Å². The second-order valence-corrected chi connectivity index (χ2v) is 7.01. The van der Waals surface area contributed by atoms with Crippen LogP contribution in [-0.2, 0) is 0 Å². The highest BCUT2D eigenvalue weighted by Gasteiger charge is 2.54. The van der Waals surface area contributed by atoms with Crippen LogP contribution in [-0.4, -0.2) is 30.3 Å². The molecule has 0 radical (unpaired) electrons. The molecule has 0 saturated heterocycles. The number of aliphatic imine (C=N–C) groups is 1. The van der Waals surface area contributed by atoms with Gasteiger partial charge in [0.2, 0.25) is 0 Å². The lowest BCUT2D eigenvalue weighted by atomic mass is 9.96. The molecule has 2 atom stereocenters. The largest absolute Gasteiger partial charge is 0.396 e. The summed E-state index contributed by atoms with van der Waals surface area (Å²) in [5.74, 6) is 0.483. The van der Waals surface area contributed by atoms with E-state index < -0.39 is 0 Å². The molecule has 2 fully saturated rings. The maximum absolute atomic E-state index is 13.0. The van der Waals surface area contributed by atoms with E-state index >= 15 is 0 Å². The lowest BCUT2D eigenvalue weighted by Gasteiger charge is -2.23. The topological polar surface area (TPSA) is 70.6 Å². The molecular formula is C18H26FN3O. The number of hydrogen-bond acceptors (Lipinski definition) is 2. The van der Waals surface area contributed by atoms with Crippen molar-refractivity contribution in [1.29, 1.82) is 0 Å². The van der Waals surface area contributed by atoms with Gasteiger partial charge in [-0.3, -0.25) is 4.99 Å². The lowest BCUT2D eigenvalue weighted by molar-refractivity contribution is 0.212. The van der Waals surface area contributed by atoms with Crippen LogP contribution < -0.4 is 11.1 Å². The summed E-state index contributed by atoms with van der Waals surface area (Å²) in [6.45, 7) is 0.590. The van der Waals surface area contributed by atoms with Gasteiger partial charge in [-0.15, -0.1) is 0 Å². The van der Waals surface area contributed by atoms with E-state index in [9.17, 15) is 9.50 Å². The van der Waals surface area contributed by atoms with Crippen LogP contribution in [0.3, 0.4) is 0 Å². The molecule has 0 bridgehead atoms. The number of halogens is 1. The Hall–Kier alpha value is -1.62. The molecule has 0 amide bonds.